The van der Waals surface area contributed by atoms with Crippen LogP contribution in [0.25, 0.3) is 11.0 Å². The van der Waals surface area contributed by atoms with Crippen LogP contribution in [0.2, 0.25) is 0 Å². The monoisotopic (exact) mass is 508 g/mol. The molecule has 0 fully saturated rings. The van der Waals surface area contributed by atoms with Gasteiger partial charge in [0.2, 0.25) is 0 Å². The smallest absolute Gasteiger partial charge is 0.191 e. The van der Waals surface area contributed by atoms with Crippen LogP contribution in [0, 0.1) is 6.92 Å². The maximum Gasteiger partial charge on any atom is 0.191 e. The lowest BCUT2D eigenvalue weighted by Gasteiger charge is -2.17. The minimum Gasteiger partial charge on any atom is -0.368 e. The van der Waals surface area contributed by atoms with E-state index in [2.05, 4.69) is 74.1 Å². The fourth-order valence-electron chi connectivity index (χ4n) is 2.95. The first kappa shape index (κ1) is 22.9. The molecule has 9 heteroatoms. The molecule has 3 N–H and O–H groups in total. The number of aromatic nitrogens is 4. The third kappa shape index (κ3) is 6.02. The summed E-state index contributed by atoms with van der Waals surface area (Å²) < 4.78 is 1.74. The molecule has 0 saturated heterocycles. The second kappa shape index (κ2) is 10.9. The van der Waals surface area contributed by atoms with Gasteiger partial charge in [0.05, 0.1) is 11.6 Å². The molecule has 1 aromatic carbocycles. The Morgan fingerprint density at radius 1 is 1.14 bits per heavy atom. The highest BCUT2D eigenvalue weighted by atomic mass is 127. The number of fused-ring (bicyclic) bond motifs is 1. The van der Waals surface area contributed by atoms with Crippen molar-refractivity contribution >= 4 is 46.8 Å². The fourth-order valence-corrected chi connectivity index (χ4v) is 2.95. The van der Waals surface area contributed by atoms with E-state index in [9.17, 15) is 0 Å². The van der Waals surface area contributed by atoms with Crippen molar-refractivity contribution < 1.29 is 0 Å². The van der Waals surface area contributed by atoms with E-state index in [1.54, 1.807) is 24.3 Å². The van der Waals surface area contributed by atoms with Crippen LogP contribution < -0.4 is 16.0 Å². The predicted octanol–water partition coefficient (Wildman–Crippen LogP) is 2.67. The number of nitrogens with one attached hydrogen (secondary N) is 3. The number of nitrogens with zero attached hydrogens (tertiary/aromatic N) is 5. The van der Waals surface area contributed by atoms with Crippen molar-refractivity contribution in [2.24, 2.45) is 12.0 Å². The van der Waals surface area contributed by atoms with E-state index in [4.69, 9.17) is 0 Å². The highest BCUT2D eigenvalue weighted by Gasteiger charge is 2.08. The van der Waals surface area contributed by atoms with Crippen LogP contribution in [0.5, 0.6) is 0 Å². The fraction of sp³-hybridized carbons (Fsp3) is 0.400. The average Bonchev–Trinajstić information content (AvgIpc) is 3.09. The third-order valence-electron chi connectivity index (χ3n) is 4.69. The van der Waals surface area contributed by atoms with Crippen LogP contribution in [0.15, 0.2) is 41.8 Å². The molecule has 29 heavy (non-hydrogen) atoms. The molecule has 3 rings (SSSR count). The van der Waals surface area contributed by atoms with Gasteiger partial charge in [-0.15, -0.1) is 24.0 Å². The van der Waals surface area contributed by atoms with E-state index >= 15 is 0 Å². The molecule has 0 aliphatic carbocycles. The molecule has 0 saturated carbocycles. The number of guanidine groups is 1. The van der Waals surface area contributed by atoms with Crippen molar-refractivity contribution in [2.45, 2.75) is 19.8 Å². The van der Waals surface area contributed by atoms with Gasteiger partial charge in [-0.3, -0.25) is 9.67 Å². The molecule has 8 nitrogen and oxygen atoms in total. The summed E-state index contributed by atoms with van der Waals surface area (Å²) in [6.07, 6.45) is 3.32. The van der Waals surface area contributed by atoms with Gasteiger partial charge in [-0.1, -0.05) is 36.8 Å². The maximum atomic E-state index is 4.31. The lowest BCUT2D eigenvalue weighted by Crippen LogP contribution is -2.41. The Balaban J connectivity index is 0.00000300. The van der Waals surface area contributed by atoms with E-state index < -0.39 is 0 Å². The number of hydrogen-bond donors (Lipinski definition) is 3. The summed E-state index contributed by atoms with van der Waals surface area (Å²) in [6, 6.07) is 8.67. The summed E-state index contributed by atoms with van der Waals surface area (Å²) in [5, 5.41) is 15.2. The van der Waals surface area contributed by atoms with Gasteiger partial charge in [0, 0.05) is 33.7 Å². The summed E-state index contributed by atoms with van der Waals surface area (Å²) in [6.45, 7) is 6.55. The van der Waals surface area contributed by atoms with E-state index in [1.165, 1.54) is 11.1 Å². The normalized spacial score (nSPS) is 12.3. The number of aliphatic imine (C=N–C) groups is 1. The predicted molar refractivity (Wildman–Crippen MR) is 129 cm³/mol. The Hall–Kier alpha value is -2.43. The number of aryl methyl sites for hydroxylation is 2. The van der Waals surface area contributed by atoms with Crippen molar-refractivity contribution in [1.82, 2.24) is 30.4 Å². The Morgan fingerprint density at radius 2 is 1.90 bits per heavy atom. The highest BCUT2D eigenvalue weighted by Crippen LogP contribution is 2.17. The first-order valence-corrected chi connectivity index (χ1v) is 9.46. The van der Waals surface area contributed by atoms with Gasteiger partial charge in [-0.05, 0) is 18.4 Å². The molecule has 0 aliphatic heterocycles. The van der Waals surface area contributed by atoms with Crippen molar-refractivity contribution in [3.05, 3.63) is 47.9 Å². The van der Waals surface area contributed by atoms with Gasteiger partial charge in [0.15, 0.2) is 11.6 Å². The van der Waals surface area contributed by atoms with Gasteiger partial charge in [-0.2, -0.15) is 5.10 Å². The molecule has 3 aromatic rings. The zero-order valence-electron chi connectivity index (χ0n) is 17.3. The molecule has 2 aromatic heterocycles. The molecular formula is C20H29IN8. The number of benzene rings is 1. The molecular weight excluding hydrogens is 479 g/mol. The Bertz CT molecular complexity index is 935. The number of hydrogen-bond acceptors (Lipinski definition) is 5. The summed E-state index contributed by atoms with van der Waals surface area (Å²) in [4.78, 5) is 12.8. The number of halogens is 1. The maximum absolute atomic E-state index is 4.31. The Morgan fingerprint density at radius 3 is 2.62 bits per heavy atom. The van der Waals surface area contributed by atoms with Crippen LogP contribution in [-0.2, 0) is 7.05 Å². The van der Waals surface area contributed by atoms with Crippen LogP contribution >= 0.6 is 24.0 Å². The molecule has 0 bridgehead atoms. The van der Waals surface area contributed by atoms with E-state index in [0.717, 1.165) is 29.4 Å². The molecule has 0 radical (unpaired) electrons. The molecule has 1 atom stereocenters. The average molecular weight is 508 g/mol. The summed E-state index contributed by atoms with van der Waals surface area (Å²) in [5.41, 5.74) is 3.41. The van der Waals surface area contributed by atoms with E-state index in [0.29, 0.717) is 19.0 Å². The zero-order chi connectivity index (χ0) is 19.9. The van der Waals surface area contributed by atoms with Crippen LogP contribution in [-0.4, -0.2) is 52.4 Å². The lowest BCUT2D eigenvalue weighted by molar-refractivity contribution is 0.700. The van der Waals surface area contributed by atoms with Gasteiger partial charge < -0.3 is 16.0 Å². The largest absolute Gasteiger partial charge is 0.368 e. The quantitative estimate of drug-likeness (QED) is 0.197. The molecule has 2 heterocycles. The van der Waals surface area contributed by atoms with Crippen LogP contribution in [0.1, 0.15) is 24.0 Å². The minimum atomic E-state index is 0. The summed E-state index contributed by atoms with van der Waals surface area (Å²) in [5.74, 6) is 1.97. The Labute approximate surface area is 188 Å². The standard InChI is InChI=1S/C20H28N8.HI/c1-14-5-7-16(8-6-14)15(2)11-24-20(21-3)23-10-9-22-18-17-12-27-28(4)19(17)26-13-25-18;/h5-8,12-13,15H,9-11H2,1-4H3,(H2,21,23,24)(H,22,25,26);1H. The van der Waals surface area contributed by atoms with Crippen molar-refractivity contribution in [2.75, 3.05) is 32.0 Å². The van der Waals surface area contributed by atoms with E-state index in [1.807, 2.05) is 7.05 Å². The first-order valence-electron chi connectivity index (χ1n) is 9.46. The molecule has 0 aliphatic rings. The van der Waals surface area contributed by atoms with E-state index in [-0.39, 0.29) is 24.0 Å². The van der Waals surface area contributed by atoms with Gasteiger partial charge in [0.1, 0.15) is 12.1 Å². The summed E-state index contributed by atoms with van der Waals surface area (Å²) >= 11 is 0. The Kier molecular flexibility index (Phi) is 8.62. The number of rotatable bonds is 7. The van der Waals surface area contributed by atoms with Crippen molar-refractivity contribution in [3.8, 4) is 0 Å². The van der Waals surface area contributed by atoms with Gasteiger partial charge in [-0.25, -0.2) is 9.97 Å². The first-order chi connectivity index (χ1) is 13.6. The van der Waals surface area contributed by atoms with Crippen LogP contribution in [0.4, 0.5) is 5.82 Å². The SMILES string of the molecule is CN=C(NCCNc1ncnc2c1cnn2C)NCC(C)c1ccc(C)cc1.I. The van der Waals surface area contributed by atoms with Gasteiger partial charge in [0.25, 0.3) is 0 Å². The molecule has 156 valence electrons. The minimum absolute atomic E-state index is 0. The molecule has 0 spiro atoms. The summed E-state index contributed by atoms with van der Waals surface area (Å²) in [7, 11) is 3.65. The van der Waals surface area contributed by atoms with Crippen LogP contribution in [0.3, 0.4) is 0 Å². The zero-order valence-corrected chi connectivity index (χ0v) is 19.6. The topological polar surface area (TPSA) is 92.1 Å². The highest BCUT2D eigenvalue weighted by molar-refractivity contribution is 14.0. The van der Waals surface area contributed by atoms with Gasteiger partial charge >= 0.3 is 0 Å². The third-order valence-corrected chi connectivity index (χ3v) is 4.69. The number of anilines is 1. The lowest BCUT2D eigenvalue weighted by atomic mass is 10.0. The second-order valence-corrected chi connectivity index (χ2v) is 6.85. The molecule has 0 amide bonds. The molecule has 1 unspecified atom stereocenters. The van der Waals surface area contributed by atoms with Crippen molar-refractivity contribution in [1.29, 1.82) is 0 Å². The second-order valence-electron chi connectivity index (χ2n) is 6.85. The van der Waals surface area contributed by atoms with Crippen molar-refractivity contribution in [3.63, 3.8) is 0 Å².